The molecule has 13 heteroatoms. The van der Waals surface area contributed by atoms with Gasteiger partial charge >= 0.3 is 6.36 Å². The van der Waals surface area contributed by atoms with E-state index < -0.39 is 38.7 Å². The lowest BCUT2D eigenvalue weighted by Crippen LogP contribution is -2.21. The van der Waals surface area contributed by atoms with Gasteiger partial charge in [-0.15, -0.1) is 13.2 Å². The van der Waals surface area contributed by atoms with Gasteiger partial charge in [0.15, 0.2) is 5.78 Å². The number of anilines is 1. The molecule has 1 atom stereocenters. The number of hydrogen-bond acceptors (Lipinski definition) is 7. The third-order valence-corrected chi connectivity index (χ3v) is 5.65. The number of aliphatic hydroxyl groups excluding tert-OH is 1. The number of nitrogens with one attached hydrogen (secondary N) is 1. The lowest BCUT2D eigenvalue weighted by molar-refractivity contribution is -0.275. The summed E-state index contributed by atoms with van der Waals surface area (Å²) in [5, 5.41) is 9.09. The quantitative estimate of drug-likeness (QED) is 0.696. The fourth-order valence-electron chi connectivity index (χ4n) is 2.68. The van der Waals surface area contributed by atoms with Crippen molar-refractivity contribution in [3.63, 3.8) is 0 Å². The van der Waals surface area contributed by atoms with Crippen LogP contribution in [0.15, 0.2) is 35.4 Å². The number of alkyl halides is 3. The maximum Gasteiger partial charge on any atom is 0.573 e. The molecule has 0 amide bonds. The minimum absolute atomic E-state index is 0.0241. The summed E-state index contributed by atoms with van der Waals surface area (Å²) in [6, 6.07) is 3.75. The van der Waals surface area contributed by atoms with Crippen molar-refractivity contribution in [1.29, 1.82) is 0 Å². The largest absolute Gasteiger partial charge is 0.573 e. The molecule has 1 aliphatic rings. The molecular weight excluding hydrogens is 453 g/mol. The van der Waals surface area contributed by atoms with Crippen LogP contribution in [0.25, 0.3) is 0 Å². The third-order valence-electron chi connectivity index (χ3n) is 4.01. The number of fused-ring (bicyclic) bond motifs is 1. The molecule has 1 aromatic heterocycles. The highest BCUT2D eigenvalue weighted by molar-refractivity contribution is 7.92. The molecule has 2 N–H and O–H groups in total. The zero-order chi connectivity index (χ0) is 22.1. The van der Waals surface area contributed by atoms with E-state index in [-0.39, 0.29) is 41.8 Å². The predicted molar refractivity (Wildman–Crippen MR) is 98.2 cm³/mol. The lowest BCUT2D eigenvalue weighted by Gasteiger charge is -2.15. The maximum absolute atomic E-state index is 12.7. The SMILES string of the molecule is O=C1C[C@@H](CO)COc2ncc(NS(=O)(=O)c3cc(Cl)ccc3OC(F)(F)F)cc21. The summed E-state index contributed by atoms with van der Waals surface area (Å²) < 4.78 is 74.4. The molecule has 162 valence electrons. The number of carbonyl (C=O) groups is 1. The van der Waals surface area contributed by atoms with Crippen LogP contribution in [0.4, 0.5) is 18.9 Å². The first-order chi connectivity index (χ1) is 14.0. The highest BCUT2D eigenvalue weighted by Gasteiger charge is 2.34. The number of Topliss-reactive ketones (excluding diaryl/α,β-unsaturated/α-hetero) is 1. The molecule has 0 bridgehead atoms. The van der Waals surface area contributed by atoms with E-state index in [1.54, 1.807) is 0 Å². The van der Waals surface area contributed by atoms with Crippen molar-refractivity contribution >= 4 is 33.1 Å². The van der Waals surface area contributed by atoms with Gasteiger partial charge in [0.05, 0.1) is 24.1 Å². The van der Waals surface area contributed by atoms with Crippen molar-refractivity contribution in [2.45, 2.75) is 17.7 Å². The van der Waals surface area contributed by atoms with Crippen molar-refractivity contribution in [2.75, 3.05) is 17.9 Å². The van der Waals surface area contributed by atoms with Crippen molar-refractivity contribution in [1.82, 2.24) is 4.98 Å². The van der Waals surface area contributed by atoms with Gasteiger partial charge in [-0.1, -0.05) is 11.6 Å². The summed E-state index contributed by atoms with van der Waals surface area (Å²) in [6.07, 6.45) is -4.13. The van der Waals surface area contributed by atoms with E-state index in [0.717, 1.165) is 30.5 Å². The molecule has 30 heavy (non-hydrogen) atoms. The van der Waals surface area contributed by atoms with Gasteiger partial charge in [-0.05, 0) is 24.3 Å². The van der Waals surface area contributed by atoms with Gasteiger partial charge in [-0.2, -0.15) is 0 Å². The molecule has 0 saturated carbocycles. The van der Waals surface area contributed by atoms with Crippen LogP contribution in [0.1, 0.15) is 16.8 Å². The Labute approximate surface area is 173 Å². The third kappa shape index (κ3) is 5.12. The number of sulfonamides is 1. The minimum atomic E-state index is -5.13. The summed E-state index contributed by atoms with van der Waals surface area (Å²) in [5.41, 5.74) is -0.213. The van der Waals surface area contributed by atoms with Crippen LogP contribution in [0.5, 0.6) is 11.6 Å². The Hall–Kier alpha value is -2.57. The number of hydrogen-bond donors (Lipinski definition) is 2. The Morgan fingerprint density at radius 1 is 1.33 bits per heavy atom. The Kier molecular flexibility index (Phi) is 6.11. The van der Waals surface area contributed by atoms with Crippen LogP contribution in [-0.2, 0) is 10.0 Å². The van der Waals surface area contributed by atoms with Gasteiger partial charge in [0.25, 0.3) is 10.0 Å². The van der Waals surface area contributed by atoms with Crippen LogP contribution < -0.4 is 14.2 Å². The number of carbonyl (C=O) groups excluding carboxylic acids is 1. The van der Waals surface area contributed by atoms with E-state index in [4.69, 9.17) is 16.3 Å². The van der Waals surface area contributed by atoms with E-state index >= 15 is 0 Å². The molecule has 0 saturated heterocycles. The molecule has 0 spiro atoms. The van der Waals surface area contributed by atoms with Gasteiger partial charge in [0.1, 0.15) is 10.6 Å². The van der Waals surface area contributed by atoms with E-state index in [1.165, 1.54) is 0 Å². The Morgan fingerprint density at radius 3 is 2.73 bits per heavy atom. The smallest absolute Gasteiger partial charge is 0.477 e. The Bertz CT molecular complexity index is 1080. The summed E-state index contributed by atoms with van der Waals surface area (Å²) in [5.74, 6) is -1.89. The van der Waals surface area contributed by atoms with E-state index in [9.17, 15) is 31.5 Å². The van der Waals surface area contributed by atoms with Crippen molar-refractivity contribution in [3.05, 3.63) is 41.0 Å². The van der Waals surface area contributed by atoms with Gasteiger partial charge in [-0.3, -0.25) is 9.52 Å². The number of benzene rings is 1. The maximum atomic E-state index is 12.7. The molecule has 0 aliphatic carbocycles. The minimum Gasteiger partial charge on any atom is -0.477 e. The molecule has 2 heterocycles. The first-order valence-electron chi connectivity index (χ1n) is 8.33. The Balaban J connectivity index is 1.94. The highest BCUT2D eigenvalue weighted by Crippen LogP contribution is 2.33. The average Bonchev–Trinajstić information content (AvgIpc) is 2.80. The molecule has 3 rings (SSSR count). The van der Waals surface area contributed by atoms with E-state index in [0.29, 0.717) is 0 Å². The summed E-state index contributed by atoms with van der Waals surface area (Å²) in [7, 11) is -4.60. The first kappa shape index (κ1) is 22.1. The zero-order valence-corrected chi connectivity index (χ0v) is 16.5. The van der Waals surface area contributed by atoms with E-state index in [2.05, 4.69) is 14.4 Å². The Morgan fingerprint density at radius 2 is 2.07 bits per heavy atom. The summed E-state index contributed by atoms with van der Waals surface area (Å²) >= 11 is 5.73. The number of pyridine rings is 1. The molecule has 1 aliphatic heterocycles. The van der Waals surface area contributed by atoms with Gasteiger partial charge < -0.3 is 14.6 Å². The number of aliphatic hydroxyl groups is 1. The standard InChI is InChI=1S/C17H14ClF3N2O6S/c18-10-1-2-14(29-17(19,20)21)15(4-10)30(26,27)23-11-5-12-13(25)3-9(7-24)8-28-16(12)22-6-11/h1-2,4-6,9,23-24H,3,7-8H2/t9-/m0/s1. The molecule has 8 nitrogen and oxygen atoms in total. The monoisotopic (exact) mass is 466 g/mol. The fourth-order valence-corrected chi connectivity index (χ4v) is 4.10. The normalized spacial score (nSPS) is 17.0. The second-order valence-electron chi connectivity index (χ2n) is 6.31. The van der Waals surface area contributed by atoms with Crippen LogP contribution in [-0.4, -0.2) is 43.9 Å². The lowest BCUT2D eigenvalue weighted by atomic mass is 10.0. The number of nitrogens with zero attached hydrogens (tertiary/aromatic N) is 1. The zero-order valence-electron chi connectivity index (χ0n) is 14.9. The molecule has 2 aromatic rings. The second kappa shape index (κ2) is 8.28. The van der Waals surface area contributed by atoms with Gasteiger partial charge in [0.2, 0.25) is 5.88 Å². The van der Waals surface area contributed by atoms with Crippen molar-refractivity contribution < 1.29 is 41.0 Å². The number of ketones is 1. The van der Waals surface area contributed by atoms with Crippen molar-refractivity contribution in [2.24, 2.45) is 5.92 Å². The van der Waals surface area contributed by atoms with Crippen LogP contribution in [0, 0.1) is 5.92 Å². The molecule has 0 radical (unpaired) electrons. The molecule has 0 unspecified atom stereocenters. The fraction of sp³-hybridized carbons (Fsp3) is 0.294. The van der Waals surface area contributed by atoms with Crippen LogP contribution in [0.2, 0.25) is 5.02 Å². The van der Waals surface area contributed by atoms with E-state index in [1.807, 2.05) is 0 Å². The summed E-state index contributed by atoms with van der Waals surface area (Å²) in [6.45, 7) is -0.232. The van der Waals surface area contributed by atoms with Gasteiger partial charge in [0, 0.05) is 24.0 Å². The van der Waals surface area contributed by atoms with Crippen molar-refractivity contribution in [3.8, 4) is 11.6 Å². The molecule has 1 aromatic carbocycles. The molecule has 0 fully saturated rings. The highest BCUT2D eigenvalue weighted by atomic mass is 35.5. The van der Waals surface area contributed by atoms with Crippen LogP contribution in [0.3, 0.4) is 0 Å². The predicted octanol–water partition coefficient (Wildman–Crippen LogP) is 3.01. The number of aromatic nitrogens is 1. The number of rotatable bonds is 5. The second-order valence-corrected chi connectivity index (χ2v) is 8.40. The topological polar surface area (TPSA) is 115 Å². The van der Waals surface area contributed by atoms with Gasteiger partial charge in [-0.25, -0.2) is 13.4 Å². The first-order valence-corrected chi connectivity index (χ1v) is 10.2. The molecular formula is C17H14ClF3N2O6S. The number of ether oxygens (including phenoxy) is 2. The number of halogens is 4. The average molecular weight is 467 g/mol. The van der Waals surface area contributed by atoms with Crippen LogP contribution >= 0.6 is 11.6 Å². The summed E-state index contributed by atoms with van der Waals surface area (Å²) in [4.78, 5) is 15.4.